The van der Waals surface area contributed by atoms with E-state index in [1.807, 2.05) is 0 Å². The molecule has 0 aromatic rings. The minimum absolute atomic E-state index is 0.148. The Morgan fingerprint density at radius 1 is 1.25 bits per heavy atom. The predicted octanol–water partition coefficient (Wildman–Crippen LogP) is 0.120. The van der Waals surface area contributed by atoms with Gasteiger partial charge < -0.3 is 15.2 Å². The zero-order valence-corrected chi connectivity index (χ0v) is 11.5. The molecule has 20 heavy (non-hydrogen) atoms. The Labute approximate surface area is 115 Å². The van der Waals surface area contributed by atoms with Crippen molar-refractivity contribution in [3.05, 3.63) is 0 Å². The van der Waals surface area contributed by atoms with Crippen molar-refractivity contribution in [3.63, 3.8) is 0 Å². The van der Waals surface area contributed by atoms with Crippen molar-refractivity contribution in [1.82, 2.24) is 10.4 Å². The molecule has 1 aliphatic heterocycles. The molecule has 0 radical (unpaired) electrons. The zero-order chi connectivity index (χ0) is 15.9. The summed E-state index contributed by atoms with van der Waals surface area (Å²) < 4.78 is 4.77. The third-order valence-electron chi connectivity index (χ3n) is 1.81. The van der Waals surface area contributed by atoms with Crippen LogP contribution in [-0.2, 0) is 19.1 Å². The van der Waals surface area contributed by atoms with E-state index in [-0.39, 0.29) is 17.9 Å². The summed E-state index contributed by atoms with van der Waals surface area (Å²) in [6.07, 6.45) is -0.421. The fraction of sp³-hybridized carbons (Fsp3) is 0.636. The van der Waals surface area contributed by atoms with Crippen molar-refractivity contribution in [2.75, 3.05) is 6.54 Å². The number of hydrogen-bond acceptors (Lipinski definition) is 6. The molecular formula is C11H18N2O7. The van der Waals surface area contributed by atoms with Gasteiger partial charge in [-0.3, -0.25) is 19.6 Å². The number of imide groups is 1. The first kappa shape index (κ1) is 17.8. The first-order chi connectivity index (χ1) is 9.03. The summed E-state index contributed by atoms with van der Waals surface area (Å²) in [5, 5.41) is 18.8. The van der Waals surface area contributed by atoms with Crippen LogP contribution >= 0.6 is 0 Å². The van der Waals surface area contributed by atoms with Gasteiger partial charge in [0.2, 0.25) is 0 Å². The summed E-state index contributed by atoms with van der Waals surface area (Å²) in [5.74, 6) is -2.11. The van der Waals surface area contributed by atoms with Crippen LogP contribution in [0.4, 0.5) is 4.79 Å². The highest BCUT2D eigenvalue weighted by molar-refractivity contribution is 6.00. The van der Waals surface area contributed by atoms with Gasteiger partial charge >= 0.3 is 12.1 Å². The standard InChI is InChI=1S/C7H13NO4.C4H5NO3/c1-7(2,3)12-6(11)8-4-5(9)10;6-3-1-2-4(7)5(3)8/h4H2,1-3H3,(H,8,11)(H,9,10);8H,1-2H2. The smallest absolute Gasteiger partial charge is 0.408 e. The maximum Gasteiger partial charge on any atom is 0.408 e. The molecule has 3 amide bonds. The van der Waals surface area contributed by atoms with Crippen LogP contribution < -0.4 is 5.32 Å². The number of nitrogens with zero attached hydrogens (tertiary/aromatic N) is 1. The molecule has 114 valence electrons. The molecule has 9 heteroatoms. The van der Waals surface area contributed by atoms with E-state index in [1.54, 1.807) is 20.8 Å². The number of hydroxylamine groups is 2. The van der Waals surface area contributed by atoms with Gasteiger partial charge in [-0.15, -0.1) is 0 Å². The van der Waals surface area contributed by atoms with Crippen LogP contribution in [0.15, 0.2) is 0 Å². The molecule has 9 nitrogen and oxygen atoms in total. The first-order valence-corrected chi connectivity index (χ1v) is 5.76. The number of amides is 3. The molecule has 0 atom stereocenters. The van der Waals surface area contributed by atoms with E-state index < -0.39 is 36.0 Å². The van der Waals surface area contributed by atoms with Crippen molar-refractivity contribution in [3.8, 4) is 0 Å². The molecule has 1 saturated heterocycles. The van der Waals surface area contributed by atoms with Gasteiger partial charge in [-0.2, -0.15) is 5.06 Å². The number of rotatable bonds is 2. The first-order valence-electron chi connectivity index (χ1n) is 5.76. The number of aliphatic carboxylic acids is 1. The van der Waals surface area contributed by atoms with Crippen LogP contribution in [0.25, 0.3) is 0 Å². The minimum atomic E-state index is -1.10. The Hall–Kier alpha value is -2.16. The lowest BCUT2D eigenvalue weighted by atomic mass is 10.2. The summed E-state index contributed by atoms with van der Waals surface area (Å²) in [7, 11) is 0. The number of ether oxygens (including phenoxy) is 1. The molecule has 0 unspecified atom stereocenters. The second kappa shape index (κ2) is 7.43. The summed E-state index contributed by atoms with van der Waals surface area (Å²) >= 11 is 0. The molecule has 1 heterocycles. The third-order valence-corrected chi connectivity index (χ3v) is 1.81. The molecule has 0 aromatic heterocycles. The monoisotopic (exact) mass is 290 g/mol. The largest absolute Gasteiger partial charge is 0.480 e. The lowest BCUT2D eigenvalue weighted by molar-refractivity contribution is -0.171. The zero-order valence-electron chi connectivity index (χ0n) is 11.5. The van der Waals surface area contributed by atoms with E-state index in [2.05, 4.69) is 5.32 Å². The Balaban J connectivity index is 0.000000388. The fourth-order valence-corrected chi connectivity index (χ4v) is 1.03. The van der Waals surface area contributed by atoms with Crippen LogP contribution in [0.2, 0.25) is 0 Å². The van der Waals surface area contributed by atoms with E-state index in [1.165, 1.54) is 0 Å². The van der Waals surface area contributed by atoms with Crippen molar-refractivity contribution >= 4 is 23.9 Å². The maximum atomic E-state index is 10.8. The van der Waals surface area contributed by atoms with Crippen molar-refractivity contribution in [2.45, 2.75) is 39.2 Å². The third kappa shape index (κ3) is 8.03. The lowest BCUT2D eigenvalue weighted by Gasteiger charge is -2.19. The van der Waals surface area contributed by atoms with Gasteiger partial charge in [0, 0.05) is 12.8 Å². The molecule has 0 bridgehead atoms. The Kier molecular flexibility index (Phi) is 6.63. The second-order valence-electron chi connectivity index (χ2n) is 4.85. The number of alkyl carbamates (subject to hydrolysis) is 1. The van der Waals surface area contributed by atoms with Crippen molar-refractivity contribution in [1.29, 1.82) is 0 Å². The maximum absolute atomic E-state index is 10.8. The number of carbonyl (C=O) groups excluding carboxylic acids is 3. The van der Waals surface area contributed by atoms with Crippen LogP contribution in [0.5, 0.6) is 0 Å². The number of carboxylic acids is 1. The van der Waals surface area contributed by atoms with Gasteiger partial charge in [-0.25, -0.2) is 4.79 Å². The Bertz CT molecular complexity index is 384. The van der Waals surface area contributed by atoms with E-state index >= 15 is 0 Å². The van der Waals surface area contributed by atoms with Gasteiger partial charge in [-0.1, -0.05) is 0 Å². The Morgan fingerprint density at radius 2 is 1.70 bits per heavy atom. The van der Waals surface area contributed by atoms with Crippen LogP contribution in [-0.4, -0.2) is 51.4 Å². The van der Waals surface area contributed by atoms with Crippen molar-refractivity contribution in [2.24, 2.45) is 0 Å². The van der Waals surface area contributed by atoms with Crippen LogP contribution in [0, 0.1) is 0 Å². The minimum Gasteiger partial charge on any atom is -0.480 e. The van der Waals surface area contributed by atoms with E-state index in [0.29, 0.717) is 0 Å². The molecule has 0 aromatic carbocycles. The van der Waals surface area contributed by atoms with E-state index in [4.69, 9.17) is 15.1 Å². The average Bonchev–Trinajstić information content (AvgIpc) is 2.57. The van der Waals surface area contributed by atoms with Gasteiger partial charge in [0.15, 0.2) is 0 Å². The van der Waals surface area contributed by atoms with Crippen molar-refractivity contribution < 1.29 is 34.2 Å². The normalized spacial score (nSPS) is 14.5. The van der Waals surface area contributed by atoms with Crippen LogP contribution in [0.1, 0.15) is 33.6 Å². The highest BCUT2D eigenvalue weighted by Crippen LogP contribution is 2.07. The van der Waals surface area contributed by atoms with Crippen LogP contribution in [0.3, 0.4) is 0 Å². The Morgan fingerprint density at radius 3 is 1.95 bits per heavy atom. The van der Waals surface area contributed by atoms with Gasteiger partial charge in [0.05, 0.1) is 0 Å². The van der Waals surface area contributed by atoms with Gasteiger partial charge in [0.25, 0.3) is 11.8 Å². The summed E-state index contributed by atoms with van der Waals surface area (Å²) in [5.41, 5.74) is -0.595. The molecule has 1 aliphatic rings. The SMILES string of the molecule is CC(C)(C)OC(=O)NCC(=O)O.O=C1CCC(=O)N1O. The highest BCUT2D eigenvalue weighted by atomic mass is 16.6. The molecule has 0 saturated carbocycles. The lowest BCUT2D eigenvalue weighted by Crippen LogP contribution is -2.35. The number of hydrogen-bond donors (Lipinski definition) is 3. The van der Waals surface area contributed by atoms with Gasteiger partial charge in [-0.05, 0) is 20.8 Å². The molecule has 0 spiro atoms. The van der Waals surface area contributed by atoms with E-state index in [9.17, 15) is 19.2 Å². The molecule has 1 rings (SSSR count). The average molecular weight is 290 g/mol. The molecular weight excluding hydrogens is 272 g/mol. The van der Waals surface area contributed by atoms with Gasteiger partial charge in [0.1, 0.15) is 12.1 Å². The predicted molar refractivity (Wildman–Crippen MR) is 64.7 cm³/mol. The summed E-state index contributed by atoms with van der Waals surface area (Å²) in [6, 6.07) is 0. The number of carbonyl (C=O) groups is 4. The second-order valence-corrected chi connectivity index (χ2v) is 4.85. The topological polar surface area (TPSA) is 133 Å². The van der Waals surface area contributed by atoms with E-state index in [0.717, 1.165) is 0 Å². The highest BCUT2D eigenvalue weighted by Gasteiger charge is 2.26. The fourth-order valence-electron chi connectivity index (χ4n) is 1.03. The quantitative estimate of drug-likeness (QED) is 0.485. The number of nitrogens with one attached hydrogen (secondary N) is 1. The molecule has 0 aliphatic carbocycles. The molecule has 3 N–H and O–H groups in total. The number of carboxylic acid groups (broad SMARTS) is 1. The molecule has 1 fully saturated rings. The summed E-state index contributed by atoms with van der Waals surface area (Å²) in [6.45, 7) is 4.68. The summed E-state index contributed by atoms with van der Waals surface area (Å²) in [4.78, 5) is 41.2.